The molecule has 2 rings (SSSR count). The van der Waals surface area contributed by atoms with Crippen molar-refractivity contribution in [2.75, 3.05) is 13.1 Å². The quantitative estimate of drug-likeness (QED) is 0.788. The summed E-state index contributed by atoms with van der Waals surface area (Å²) in [7, 11) is -3.10. The second-order valence-electron chi connectivity index (χ2n) is 3.47. The maximum atomic E-state index is 12.0. The highest BCUT2D eigenvalue weighted by Gasteiger charge is 2.29. The molecule has 1 aliphatic rings. The van der Waals surface area contributed by atoms with Crippen molar-refractivity contribution < 1.29 is 8.42 Å². The molecule has 0 spiro atoms. The lowest BCUT2D eigenvalue weighted by molar-refractivity contribution is 0.583. The Morgan fingerprint density at radius 3 is 2.50 bits per heavy atom. The molecular formula is C10H13NO2S. The van der Waals surface area contributed by atoms with E-state index in [1.54, 1.807) is 24.3 Å². The average molecular weight is 211 g/mol. The van der Waals surface area contributed by atoms with Gasteiger partial charge in [0.25, 0.3) is 0 Å². The highest BCUT2D eigenvalue weighted by atomic mass is 32.2. The standard InChI is InChI=1S/C10H13NO2S/c12-14(13,10-6-7-11-8-10)9-4-2-1-3-5-9/h1-5,10-11H,6-8H2/t10-/m1/s1. The van der Waals surface area contributed by atoms with Crippen LogP contribution in [0.5, 0.6) is 0 Å². The Balaban J connectivity index is 2.33. The molecule has 0 amide bonds. The van der Waals surface area contributed by atoms with Crippen molar-refractivity contribution in [1.29, 1.82) is 0 Å². The molecule has 0 aromatic heterocycles. The molecule has 1 N–H and O–H groups in total. The first-order chi connectivity index (χ1) is 6.71. The molecule has 1 aliphatic heterocycles. The number of rotatable bonds is 2. The van der Waals surface area contributed by atoms with Crippen LogP contribution in [0.15, 0.2) is 35.2 Å². The molecule has 0 unspecified atom stereocenters. The van der Waals surface area contributed by atoms with Crippen LogP contribution >= 0.6 is 0 Å². The van der Waals surface area contributed by atoms with Gasteiger partial charge in [0.2, 0.25) is 0 Å². The van der Waals surface area contributed by atoms with Crippen molar-refractivity contribution >= 4 is 9.84 Å². The van der Waals surface area contributed by atoms with Gasteiger partial charge in [0.1, 0.15) is 0 Å². The molecule has 0 bridgehead atoms. The topological polar surface area (TPSA) is 46.2 Å². The van der Waals surface area contributed by atoms with E-state index in [0.717, 1.165) is 13.0 Å². The summed E-state index contributed by atoms with van der Waals surface area (Å²) >= 11 is 0. The van der Waals surface area contributed by atoms with Crippen molar-refractivity contribution in [2.24, 2.45) is 0 Å². The normalized spacial score (nSPS) is 22.4. The SMILES string of the molecule is O=S(=O)(c1ccccc1)[C@@H]1CCNC1. The molecule has 1 atom stereocenters. The number of hydrogen-bond donors (Lipinski definition) is 1. The maximum absolute atomic E-state index is 12.0. The van der Waals surface area contributed by atoms with Crippen LogP contribution in [0.25, 0.3) is 0 Å². The summed E-state index contributed by atoms with van der Waals surface area (Å²) in [5.74, 6) is 0. The first-order valence-electron chi connectivity index (χ1n) is 4.71. The second kappa shape index (κ2) is 3.71. The minimum absolute atomic E-state index is 0.245. The van der Waals surface area contributed by atoms with E-state index in [1.165, 1.54) is 0 Å². The molecule has 14 heavy (non-hydrogen) atoms. The van der Waals surface area contributed by atoms with Crippen LogP contribution in [0.1, 0.15) is 6.42 Å². The summed E-state index contributed by atoms with van der Waals surface area (Å²) in [6.45, 7) is 1.38. The molecule has 1 saturated heterocycles. The summed E-state index contributed by atoms with van der Waals surface area (Å²) in [4.78, 5) is 0.439. The van der Waals surface area contributed by atoms with Gasteiger partial charge in [-0.2, -0.15) is 0 Å². The van der Waals surface area contributed by atoms with Crippen LogP contribution in [0, 0.1) is 0 Å². The zero-order valence-electron chi connectivity index (χ0n) is 7.81. The van der Waals surface area contributed by atoms with Crippen molar-refractivity contribution in [3.05, 3.63) is 30.3 Å². The molecule has 0 radical (unpaired) electrons. The fourth-order valence-corrected chi connectivity index (χ4v) is 3.38. The van der Waals surface area contributed by atoms with E-state index < -0.39 is 9.84 Å². The van der Waals surface area contributed by atoms with Crippen LogP contribution < -0.4 is 5.32 Å². The van der Waals surface area contributed by atoms with Crippen LogP contribution in [0.2, 0.25) is 0 Å². The lowest BCUT2D eigenvalue weighted by Gasteiger charge is -2.09. The highest BCUT2D eigenvalue weighted by Crippen LogP contribution is 2.19. The number of nitrogens with one attached hydrogen (secondary N) is 1. The Morgan fingerprint density at radius 1 is 1.21 bits per heavy atom. The van der Waals surface area contributed by atoms with Gasteiger partial charge in [0, 0.05) is 6.54 Å². The Labute approximate surface area is 84.1 Å². The van der Waals surface area contributed by atoms with E-state index in [9.17, 15) is 8.42 Å². The van der Waals surface area contributed by atoms with E-state index in [-0.39, 0.29) is 5.25 Å². The van der Waals surface area contributed by atoms with Crippen molar-refractivity contribution in [3.63, 3.8) is 0 Å². The van der Waals surface area contributed by atoms with Gasteiger partial charge in [-0.05, 0) is 25.1 Å². The number of sulfone groups is 1. The Hall–Kier alpha value is -0.870. The van der Waals surface area contributed by atoms with Gasteiger partial charge in [0.05, 0.1) is 10.1 Å². The smallest absolute Gasteiger partial charge is 0.182 e. The van der Waals surface area contributed by atoms with E-state index >= 15 is 0 Å². The summed E-state index contributed by atoms with van der Waals surface area (Å²) in [6, 6.07) is 8.66. The average Bonchev–Trinajstić information content (AvgIpc) is 2.72. The van der Waals surface area contributed by atoms with Crippen LogP contribution in [0.3, 0.4) is 0 Å². The largest absolute Gasteiger partial charge is 0.315 e. The monoisotopic (exact) mass is 211 g/mol. The van der Waals surface area contributed by atoms with Gasteiger partial charge in [-0.3, -0.25) is 0 Å². The fourth-order valence-electron chi connectivity index (χ4n) is 1.70. The zero-order chi connectivity index (χ0) is 10.0. The predicted octanol–water partition coefficient (Wildman–Crippen LogP) is 0.822. The van der Waals surface area contributed by atoms with Gasteiger partial charge in [-0.15, -0.1) is 0 Å². The van der Waals surface area contributed by atoms with E-state index in [2.05, 4.69) is 5.32 Å². The third-order valence-electron chi connectivity index (χ3n) is 2.53. The minimum atomic E-state index is -3.10. The molecular weight excluding hydrogens is 198 g/mol. The highest BCUT2D eigenvalue weighted by molar-refractivity contribution is 7.92. The first-order valence-corrected chi connectivity index (χ1v) is 6.25. The minimum Gasteiger partial charge on any atom is -0.315 e. The summed E-state index contributed by atoms with van der Waals surface area (Å²) < 4.78 is 24.0. The van der Waals surface area contributed by atoms with E-state index in [1.807, 2.05) is 6.07 Å². The lowest BCUT2D eigenvalue weighted by Crippen LogP contribution is -2.23. The maximum Gasteiger partial charge on any atom is 0.182 e. The van der Waals surface area contributed by atoms with Crippen molar-refractivity contribution in [2.45, 2.75) is 16.6 Å². The third-order valence-corrected chi connectivity index (χ3v) is 4.73. The summed E-state index contributed by atoms with van der Waals surface area (Å²) in [6.07, 6.45) is 0.719. The van der Waals surface area contributed by atoms with Crippen LogP contribution in [-0.2, 0) is 9.84 Å². The van der Waals surface area contributed by atoms with E-state index in [4.69, 9.17) is 0 Å². The van der Waals surface area contributed by atoms with Gasteiger partial charge in [0.15, 0.2) is 9.84 Å². The number of benzene rings is 1. The van der Waals surface area contributed by atoms with Crippen molar-refractivity contribution in [1.82, 2.24) is 5.32 Å². The Bertz CT molecular complexity index is 393. The molecule has 3 nitrogen and oxygen atoms in total. The van der Waals surface area contributed by atoms with Gasteiger partial charge >= 0.3 is 0 Å². The van der Waals surface area contributed by atoms with Gasteiger partial charge < -0.3 is 5.32 Å². The van der Waals surface area contributed by atoms with Gasteiger partial charge in [-0.1, -0.05) is 18.2 Å². The molecule has 1 fully saturated rings. The van der Waals surface area contributed by atoms with Gasteiger partial charge in [-0.25, -0.2) is 8.42 Å². The molecule has 4 heteroatoms. The molecule has 0 aliphatic carbocycles. The number of hydrogen-bond acceptors (Lipinski definition) is 3. The second-order valence-corrected chi connectivity index (χ2v) is 5.70. The Kier molecular flexibility index (Phi) is 2.56. The van der Waals surface area contributed by atoms with Crippen LogP contribution in [-0.4, -0.2) is 26.8 Å². The molecule has 1 aromatic carbocycles. The summed E-state index contributed by atoms with van der Waals surface area (Å²) in [5, 5.41) is 2.82. The van der Waals surface area contributed by atoms with Crippen LogP contribution in [0.4, 0.5) is 0 Å². The Morgan fingerprint density at radius 2 is 1.93 bits per heavy atom. The van der Waals surface area contributed by atoms with E-state index in [0.29, 0.717) is 11.4 Å². The molecule has 0 saturated carbocycles. The van der Waals surface area contributed by atoms with Crippen molar-refractivity contribution in [3.8, 4) is 0 Å². The zero-order valence-corrected chi connectivity index (χ0v) is 8.63. The summed E-state index contributed by atoms with van der Waals surface area (Å²) in [5.41, 5.74) is 0. The molecule has 1 heterocycles. The molecule has 76 valence electrons. The predicted molar refractivity (Wildman–Crippen MR) is 54.9 cm³/mol. The molecule has 1 aromatic rings. The first kappa shape index (κ1) is 9.68. The fraction of sp³-hybridized carbons (Fsp3) is 0.400. The third kappa shape index (κ3) is 1.67. The lowest BCUT2D eigenvalue weighted by atomic mass is 10.4.